The SMILES string of the molecule is C=CCON=C(C(=O)NC1C(=O)N2CC(CSc3nnnn3CCC(=O)O)(C(=O)O)CS[C@H]12)c1csc(N)n1. The van der Waals surface area contributed by atoms with Gasteiger partial charge in [-0.1, -0.05) is 29.6 Å². The number of nitrogens with zero attached hydrogens (tertiary/aromatic N) is 7. The van der Waals surface area contributed by atoms with Gasteiger partial charge in [0.2, 0.25) is 11.1 Å². The van der Waals surface area contributed by atoms with Gasteiger partial charge in [0.1, 0.15) is 29.1 Å². The van der Waals surface area contributed by atoms with Gasteiger partial charge < -0.3 is 31.0 Å². The lowest BCUT2D eigenvalue weighted by Crippen LogP contribution is -2.74. The lowest BCUT2D eigenvalue weighted by molar-refractivity contribution is -0.157. The number of aryl methyl sites for hydroxylation is 1. The van der Waals surface area contributed by atoms with Crippen molar-refractivity contribution >= 4 is 69.5 Å². The molecule has 2 aromatic rings. The monoisotopic (exact) mass is 597 g/mol. The highest BCUT2D eigenvalue weighted by atomic mass is 32.2. The van der Waals surface area contributed by atoms with Gasteiger partial charge >= 0.3 is 11.9 Å². The molecular formula is C20H23N9O7S3. The minimum atomic E-state index is -1.32. The number of oxime groups is 1. The van der Waals surface area contributed by atoms with Crippen molar-refractivity contribution in [3.05, 3.63) is 23.7 Å². The lowest BCUT2D eigenvalue weighted by Gasteiger charge is -2.53. The molecule has 2 unspecified atom stereocenters. The number of aromatic nitrogens is 5. The number of thioether (sulfide) groups is 2. The summed E-state index contributed by atoms with van der Waals surface area (Å²) in [7, 11) is 0. The molecule has 2 amide bonds. The zero-order chi connectivity index (χ0) is 28.2. The fraction of sp³-hybridized carbons (Fsp3) is 0.450. The van der Waals surface area contributed by atoms with Crippen LogP contribution in [0.25, 0.3) is 0 Å². The van der Waals surface area contributed by atoms with Crippen LogP contribution in [0, 0.1) is 5.41 Å². The second-order valence-electron chi connectivity index (χ2n) is 8.42. The molecule has 2 saturated heterocycles. The van der Waals surface area contributed by atoms with Crippen LogP contribution in [-0.4, -0.2) is 106 Å². The summed E-state index contributed by atoms with van der Waals surface area (Å²) in [5.41, 5.74) is 4.39. The van der Waals surface area contributed by atoms with Crippen molar-refractivity contribution < 1.29 is 34.2 Å². The van der Waals surface area contributed by atoms with Crippen LogP contribution in [0.5, 0.6) is 0 Å². The first kappa shape index (κ1) is 28.3. The number of rotatable bonds is 13. The maximum Gasteiger partial charge on any atom is 0.313 e. The number of tetrazole rings is 1. The largest absolute Gasteiger partial charge is 0.481 e. The van der Waals surface area contributed by atoms with E-state index in [1.165, 1.54) is 32.8 Å². The Kier molecular flexibility index (Phi) is 8.70. The number of thiazole rings is 1. The number of nitrogen functional groups attached to an aromatic ring is 1. The van der Waals surface area contributed by atoms with E-state index in [1.807, 2.05) is 0 Å². The predicted molar refractivity (Wildman–Crippen MR) is 140 cm³/mol. The third-order valence-corrected chi connectivity index (χ3v) is 9.24. The number of amides is 2. The van der Waals surface area contributed by atoms with E-state index in [0.29, 0.717) is 0 Å². The van der Waals surface area contributed by atoms with Crippen LogP contribution >= 0.6 is 34.9 Å². The number of carbonyl (C=O) groups is 4. The number of hydrogen-bond donors (Lipinski definition) is 4. The molecule has 0 radical (unpaired) electrons. The summed E-state index contributed by atoms with van der Waals surface area (Å²) in [5, 5.41) is 38.1. The van der Waals surface area contributed by atoms with Crippen molar-refractivity contribution in [2.45, 2.75) is 29.5 Å². The Balaban J connectivity index is 1.41. The zero-order valence-corrected chi connectivity index (χ0v) is 22.6. The molecule has 39 heavy (non-hydrogen) atoms. The molecule has 208 valence electrons. The molecule has 2 aliphatic heterocycles. The maximum atomic E-state index is 13.0. The Bertz CT molecular complexity index is 1320. The number of fused-ring (bicyclic) bond motifs is 1. The number of aliphatic carboxylic acids is 2. The van der Waals surface area contributed by atoms with E-state index < -0.39 is 40.6 Å². The Hall–Kier alpha value is -3.71. The molecule has 0 bridgehead atoms. The molecule has 3 atom stereocenters. The zero-order valence-electron chi connectivity index (χ0n) is 20.1. The highest BCUT2D eigenvalue weighted by molar-refractivity contribution is 8.00. The van der Waals surface area contributed by atoms with Gasteiger partial charge in [-0.25, -0.2) is 9.67 Å². The summed E-state index contributed by atoms with van der Waals surface area (Å²) < 4.78 is 1.29. The Morgan fingerprint density at radius 2 is 2.21 bits per heavy atom. The summed E-state index contributed by atoms with van der Waals surface area (Å²) in [6, 6.07) is -0.897. The predicted octanol–water partition coefficient (Wildman–Crippen LogP) is -0.644. The summed E-state index contributed by atoms with van der Waals surface area (Å²) >= 11 is 3.41. The number of carboxylic acid groups (broad SMARTS) is 2. The van der Waals surface area contributed by atoms with Crippen LogP contribution in [0.15, 0.2) is 28.3 Å². The molecule has 2 aromatic heterocycles. The number of β-lactam (4-membered cyclic amide) rings is 1. The third-order valence-electron chi connectivity index (χ3n) is 5.73. The Labute approximate surface area is 233 Å². The molecule has 0 spiro atoms. The normalized spacial score (nSPS) is 22.5. The molecule has 5 N–H and O–H groups in total. The van der Waals surface area contributed by atoms with E-state index in [0.717, 1.165) is 23.1 Å². The third kappa shape index (κ3) is 6.14. The van der Waals surface area contributed by atoms with Gasteiger partial charge in [0.15, 0.2) is 10.8 Å². The smallest absolute Gasteiger partial charge is 0.313 e. The average molecular weight is 598 g/mol. The molecule has 0 aromatic carbocycles. The molecule has 0 aliphatic carbocycles. The molecular weight excluding hydrogens is 574 g/mol. The van der Waals surface area contributed by atoms with E-state index in [4.69, 9.17) is 15.7 Å². The van der Waals surface area contributed by atoms with Gasteiger partial charge in [-0.2, -0.15) is 0 Å². The van der Waals surface area contributed by atoms with Gasteiger partial charge in [0.05, 0.1) is 13.0 Å². The van der Waals surface area contributed by atoms with Crippen molar-refractivity contribution in [1.82, 2.24) is 35.4 Å². The summed E-state index contributed by atoms with van der Waals surface area (Å²) in [6.45, 7) is 3.52. The van der Waals surface area contributed by atoms with Crippen molar-refractivity contribution in [2.75, 3.05) is 30.4 Å². The summed E-state index contributed by atoms with van der Waals surface area (Å²) in [5.74, 6) is -3.05. The van der Waals surface area contributed by atoms with Gasteiger partial charge in [-0.15, -0.1) is 28.2 Å². The average Bonchev–Trinajstić information content (AvgIpc) is 3.55. The highest BCUT2D eigenvalue weighted by Crippen LogP contribution is 2.44. The molecule has 19 heteroatoms. The highest BCUT2D eigenvalue weighted by Gasteiger charge is 2.57. The van der Waals surface area contributed by atoms with Crippen LogP contribution < -0.4 is 11.1 Å². The quantitative estimate of drug-likeness (QED) is 0.0562. The number of anilines is 1. The van der Waals surface area contributed by atoms with E-state index in [2.05, 4.69) is 37.6 Å². The molecule has 2 fully saturated rings. The maximum absolute atomic E-state index is 13.0. The minimum Gasteiger partial charge on any atom is -0.481 e. The fourth-order valence-electron chi connectivity index (χ4n) is 3.72. The Morgan fingerprint density at radius 1 is 1.41 bits per heavy atom. The minimum absolute atomic E-state index is 0.0327. The Morgan fingerprint density at radius 3 is 2.87 bits per heavy atom. The van der Waals surface area contributed by atoms with Crippen molar-refractivity contribution in [3.63, 3.8) is 0 Å². The number of carbonyl (C=O) groups excluding carboxylic acids is 2. The van der Waals surface area contributed by atoms with E-state index >= 15 is 0 Å². The van der Waals surface area contributed by atoms with Crippen molar-refractivity contribution in [2.24, 2.45) is 10.6 Å². The molecule has 4 heterocycles. The first-order chi connectivity index (χ1) is 18.6. The first-order valence-corrected chi connectivity index (χ1v) is 14.2. The lowest BCUT2D eigenvalue weighted by atomic mass is 9.89. The second kappa shape index (κ2) is 12.0. The molecule has 0 saturated carbocycles. The van der Waals surface area contributed by atoms with Crippen molar-refractivity contribution in [3.8, 4) is 0 Å². The van der Waals surface area contributed by atoms with Gasteiger partial charge in [0, 0.05) is 23.4 Å². The van der Waals surface area contributed by atoms with Crippen LogP contribution in [0.4, 0.5) is 5.13 Å². The van der Waals surface area contributed by atoms with Gasteiger partial charge in [0.25, 0.3) is 5.91 Å². The molecule has 2 aliphatic rings. The first-order valence-electron chi connectivity index (χ1n) is 11.2. The van der Waals surface area contributed by atoms with Crippen LogP contribution in [-0.2, 0) is 30.6 Å². The topological polar surface area (TPSA) is 228 Å². The summed E-state index contributed by atoms with van der Waals surface area (Å²) in [6.07, 6.45) is 1.25. The van der Waals surface area contributed by atoms with Crippen LogP contribution in [0.2, 0.25) is 0 Å². The van der Waals surface area contributed by atoms with E-state index in [9.17, 15) is 24.3 Å². The molecule has 4 rings (SSSR count). The van der Waals surface area contributed by atoms with Crippen LogP contribution in [0.3, 0.4) is 0 Å². The summed E-state index contributed by atoms with van der Waals surface area (Å²) in [4.78, 5) is 59.7. The van der Waals surface area contributed by atoms with Crippen molar-refractivity contribution in [1.29, 1.82) is 0 Å². The number of nitrogens with one attached hydrogen (secondary N) is 1. The van der Waals surface area contributed by atoms with Gasteiger partial charge in [-0.3, -0.25) is 19.2 Å². The standard InChI is InChI=1S/C20H23N9O7S3/c1-2-5-36-25-12(10-6-37-18(21)22-10)14(32)23-13-15(33)28-7-20(17(34)35,8-38-16(13)28)9-39-19-24-26-27-29(19)4-3-11(30)31/h2,6,13,16H,1,3-5,7-9H2,(H2,21,22)(H,23,32)(H,30,31)(H,34,35)/t13?,16-,20?/m1/s1. The van der Waals surface area contributed by atoms with Crippen LogP contribution in [0.1, 0.15) is 12.1 Å². The molecule has 16 nitrogen and oxygen atoms in total. The fourth-order valence-corrected chi connectivity index (χ4v) is 7.03. The van der Waals surface area contributed by atoms with E-state index in [1.54, 1.807) is 0 Å². The second-order valence-corrected chi connectivity index (χ2v) is 11.4. The number of nitrogens with two attached hydrogens (primary N) is 1. The number of carboxylic acids is 2. The van der Waals surface area contributed by atoms with E-state index in [-0.39, 0.29) is 59.3 Å². The van der Waals surface area contributed by atoms with Gasteiger partial charge in [-0.05, 0) is 10.4 Å². The number of hydrogen-bond acceptors (Lipinski definition) is 14.